The molecule has 0 fully saturated rings. The topological polar surface area (TPSA) is 77.9 Å². The van der Waals surface area contributed by atoms with Crippen LogP contribution < -0.4 is 9.47 Å². The number of aromatic amines is 1. The first kappa shape index (κ1) is 23.4. The number of hydrogen-bond acceptors (Lipinski definition) is 5. The van der Waals surface area contributed by atoms with E-state index in [0.717, 1.165) is 53.3 Å². The summed E-state index contributed by atoms with van der Waals surface area (Å²) in [5.41, 5.74) is 5.58. The van der Waals surface area contributed by atoms with Gasteiger partial charge in [0.2, 0.25) is 5.82 Å². The van der Waals surface area contributed by atoms with Gasteiger partial charge in [-0.1, -0.05) is 37.6 Å². The standard InChI is InChI=1S/C29H29N5O2/c1-4-5-26-25-16-17-34(18-20(2)3)27(25)14-15-28(26)35-19-21-6-10-23(11-7-21)36-24-12-8-22(9-13-24)29-30-32-33-31-29/h6-17H,2,4-5,18-19H2,1,3H3,(H,30,31,32,33). The van der Waals surface area contributed by atoms with Crippen LogP contribution in [0.2, 0.25) is 0 Å². The number of ether oxygens (including phenoxy) is 2. The highest BCUT2D eigenvalue weighted by atomic mass is 16.5. The van der Waals surface area contributed by atoms with Gasteiger partial charge in [-0.15, -0.1) is 10.2 Å². The molecule has 1 N–H and O–H groups in total. The SMILES string of the molecule is C=C(C)Cn1ccc2c(CCC)c(OCc3ccc(Oc4ccc(-c5nn[nH]n5)cc4)cc3)ccc21. The van der Waals surface area contributed by atoms with Gasteiger partial charge in [-0.05, 0) is 78.7 Å². The summed E-state index contributed by atoms with van der Waals surface area (Å²) in [6.45, 7) is 9.63. The number of aromatic nitrogens is 5. The van der Waals surface area contributed by atoms with Gasteiger partial charge < -0.3 is 14.0 Å². The summed E-state index contributed by atoms with van der Waals surface area (Å²) >= 11 is 0. The van der Waals surface area contributed by atoms with Gasteiger partial charge in [0.15, 0.2) is 0 Å². The lowest BCUT2D eigenvalue weighted by Crippen LogP contribution is -2.01. The summed E-state index contributed by atoms with van der Waals surface area (Å²) in [7, 11) is 0. The lowest BCUT2D eigenvalue weighted by Gasteiger charge is -2.14. The Morgan fingerprint density at radius 3 is 2.39 bits per heavy atom. The molecule has 2 heterocycles. The van der Waals surface area contributed by atoms with Crippen molar-refractivity contribution in [3.05, 3.63) is 96.2 Å². The van der Waals surface area contributed by atoms with Crippen molar-refractivity contribution in [3.8, 4) is 28.6 Å². The Hall–Kier alpha value is -4.39. The molecule has 36 heavy (non-hydrogen) atoms. The molecule has 3 aromatic carbocycles. The Morgan fingerprint density at radius 1 is 0.972 bits per heavy atom. The van der Waals surface area contributed by atoms with Crippen molar-refractivity contribution < 1.29 is 9.47 Å². The lowest BCUT2D eigenvalue weighted by atomic mass is 10.0. The second-order valence-corrected chi connectivity index (χ2v) is 8.92. The smallest absolute Gasteiger partial charge is 0.204 e. The van der Waals surface area contributed by atoms with Crippen molar-refractivity contribution in [2.75, 3.05) is 0 Å². The molecule has 0 aliphatic rings. The fourth-order valence-corrected chi connectivity index (χ4v) is 4.29. The van der Waals surface area contributed by atoms with E-state index < -0.39 is 0 Å². The molecule has 0 atom stereocenters. The van der Waals surface area contributed by atoms with Crippen LogP contribution in [0.5, 0.6) is 17.2 Å². The van der Waals surface area contributed by atoms with E-state index in [1.54, 1.807) is 0 Å². The fraction of sp³-hybridized carbons (Fsp3) is 0.207. The number of rotatable bonds is 10. The highest BCUT2D eigenvalue weighted by molar-refractivity contribution is 5.86. The second-order valence-electron chi connectivity index (χ2n) is 8.92. The largest absolute Gasteiger partial charge is 0.489 e. The maximum Gasteiger partial charge on any atom is 0.204 e. The molecule has 182 valence electrons. The molecule has 0 spiro atoms. The number of aryl methyl sites for hydroxylation is 1. The summed E-state index contributed by atoms with van der Waals surface area (Å²) in [6, 6.07) is 22.0. The number of tetrazole rings is 1. The van der Waals surface area contributed by atoms with E-state index in [2.05, 4.69) is 70.0 Å². The molecule has 0 saturated heterocycles. The van der Waals surface area contributed by atoms with E-state index in [1.807, 2.05) is 48.5 Å². The van der Waals surface area contributed by atoms with Crippen LogP contribution in [-0.2, 0) is 19.6 Å². The molecule has 0 unspecified atom stereocenters. The zero-order valence-electron chi connectivity index (χ0n) is 20.6. The normalized spacial score (nSPS) is 11.1. The number of benzene rings is 3. The predicted molar refractivity (Wildman–Crippen MR) is 141 cm³/mol. The molecule has 7 nitrogen and oxygen atoms in total. The number of hydrogen-bond donors (Lipinski definition) is 1. The second kappa shape index (κ2) is 10.5. The van der Waals surface area contributed by atoms with Crippen molar-refractivity contribution in [2.45, 2.75) is 39.8 Å². The number of nitrogens with zero attached hydrogens (tertiary/aromatic N) is 4. The summed E-state index contributed by atoms with van der Waals surface area (Å²) in [5, 5.41) is 15.3. The number of nitrogens with one attached hydrogen (secondary N) is 1. The van der Waals surface area contributed by atoms with Crippen LogP contribution in [0.3, 0.4) is 0 Å². The maximum absolute atomic E-state index is 6.29. The van der Waals surface area contributed by atoms with Crippen LogP contribution in [0, 0.1) is 0 Å². The summed E-state index contributed by atoms with van der Waals surface area (Å²) in [6.07, 6.45) is 4.17. The highest BCUT2D eigenvalue weighted by Gasteiger charge is 2.12. The number of allylic oxidation sites excluding steroid dienone is 1. The molecule has 7 heteroatoms. The van der Waals surface area contributed by atoms with Crippen LogP contribution in [0.15, 0.2) is 85.1 Å². The van der Waals surface area contributed by atoms with Gasteiger partial charge >= 0.3 is 0 Å². The molecule has 0 amide bonds. The van der Waals surface area contributed by atoms with E-state index in [9.17, 15) is 0 Å². The van der Waals surface area contributed by atoms with E-state index >= 15 is 0 Å². The molecule has 0 aliphatic carbocycles. The Bertz CT molecular complexity index is 1450. The quantitative estimate of drug-likeness (QED) is 0.225. The van der Waals surface area contributed by atoms with Crippen LogP contribution in [0.1, 0.15) is 31.4 Å². The maximum atomic E-state index is 6.29. The predicted octanol–water partition coefficient (Wildman–Crippen LogP) is 6.72. The molecule has 5 aromatic rings. The van der Waals surface area contributed by atoms with Gasteiger partial charge in [-0.2, -0.15) is 5.21 Å². The van der Waals surface area contributed by atoms with E-state index in [0.29, 0.717) is 12.4 Å². The minimum Gasteiger partial charge on any atom is -0.489 e. The van der Waals surface area contributed by atoms with Crippen molar-refractivity contribution >= 4 is 10.9 Å². The highest BCUT2D eigenvalue weighted by Crippen LogP contribution is 2.31. The Balaban J connectivity index is 1.25. The van der Waals surface area contributed by atoms with Crippen LogP contribution in [0.25, 0.3) is 22.3 Å². The molecule has 0 aliphatic heterocycles. The van der Waals surface area contributed by atoms with Gasteiger partial charge in [-0.3, -0.25) is 0 Å². The van der Waals surface area contributed by atoms with Gasteiger partial charge in [0.05, 0.1) is 0 Å². The lowest BCUT2D eigenvalue weighted by molar-refractivity contribution is 0.303. The number of H-pyrrole nitrogens is 1. The Morgan fingerprint density at radius 2 is 1.72 bits per heavy atom. The van der Waals surface area contributed by atoms with E-state index in [-0.39, 0.29) is 0 Å². The molecule has 0 radical (unpaired) electrons. The summed E-state index contributed by atoms with van der Waals surface area (Å²) in [4.78, 5) is 0. The molecular formula is C29H29N5O2. The van der Waals surface area contributed by atoms with Gasteiger partial charge in [0.25, 0.3) is 0 Å². The van der Waals surface area contributed by atoms with Crippen molar-refractivity contribution in [1.82, 2.24) is 25.2 Å². The minimum absolute atomic E-state index is 0.494. The molecule has 2 aromatic heterocycles. The van der Waals surface area contributed by atoms with Gasteiger partial charge in [0, 0.05) is 34.8 Å². The zero-order valence-corrected chi connectivity index (χ0v) is 20.6. The van der Waals surface area contributed by atoms with Crippen molar-refractivity contribution in [2.24, 2.45) is 0 Å². The van der Waals surface area contributed by atoms with E-state index in [4.69, 9.17) is 9.47 Å². The van der Waals surface area contributed by atoms with Crippen LogP contribution >= 0.6 is 0 Å². The van der Waals surface area contributed by atoms with Crippen molar-refractivity contribution in [3.63, 3.8) is 0 Å². The van der Waals surface area contributed by atoms with E-state index in [1.165, 1.54) is 16.5 Å². The molecular weight excluding hydrogens is 450 g/mol. The first-order valence-corrected chi connectivity index (χ1v) is 12.1. The summed E-state index contributed by atoms with van der Waals surface area (Å²) in [5.74, 6) is 3.00. The van der Waals surface area contributed by atoms with Crippen LogP contribution in [-0.4, -0.2) is 25.2 Å². The monoisotopic (exact) mass is 479 g/mol. The Labute approximate surface area is 210 Å². The third-order valence-electron chi connectivity index (χ3n) is 5.97. The van der Waals surface area contributed by atoms with Gasteiger partial charge in [-0.25, -0.2) is 0 Å². The number of fused-ring (bicyclic) bond motifs is 1. The third kappa shape index (κ3) is 5.15. The fourth-order valence-electron chi connectivity index (χ4n) is 4.29. The molecule has 0 saturated carbocycles. The van der Waals surface area contributed by atoms with Gasteiger partial charge in [0.1, 0.15) is 23.9 Å². The van der Waals surface area contributed by atoms with Crippen LogP contribution in [0.4, 0.5) is 0 Å². The summed E-state index contributed by atoms with van der Waals surface area (Å²) < 4.78 is 14.5. The molecule has 5 rings (SSSR count). The third-order valence-corrected chi connectivity index (χ3v) is 5.97. The first-order chi connectivity index (χ1) is 17.6. The molecule has 0 bridgehead atoms. The Kier molecular flexibility index (Phi) is 6.80. The minimum atomic E-state index is 0.494. The average Bonchev–Trinajstić information content (AvgIpc) is 3.56. The zero-order chi connectivity index (χ0) is 24.9. The average molecular weight is 480 g/mol. The first-order valence-electron chi connectivity index (χ1n) is 12.1. The van der Waals surface area contributed by atoms with Crippen molar-refractivity contribution in [1.29, 1.82) is 0 Å².